The molecule has 3 rings (SSSR count). The molecule has 0 bridgehead atoms. The van der Waals surface area contributed by atoms with Crippen molar-refractivity contribution in [1.82, 2.24) is 0 Å². The van der Waals surface area contributed by atoms with Crippen LogP contribution in [-0.2, 0) is 9.59 Å². The molecule has 1 aliphatic carbocycles. The molecule has 0 aromatic heterocycles. The van der Waals surface area contributed by atoms with Crippen LogP contribution in [0.15, 0.2) is 53.0 Å². The van der Waals surface area contributed by atoms with E-state index in [0.29, 0.717) is 30.0 Å². The van der Waals surface area contributed by atoms with E-state index in [1.54, 1.807) is 37.4 Å². The molecule has 2 aromatic rings. The Bertz CT molecular complexity index is 770. The third-order valence-electron chi connectivity index (χ3n) is 4.09. The molecule has 0 atom stereocenters. The Hall–Kier alpha value is -2.34. The predicted molar refractivity (Wildman–Crippen MR) is 96.1 cm³/mol. The number of methoxy groups -OCH3 is 1. The Kier molecular flexibility index (Phi) is 4.57. The van der Waals surface area contributed by atoms with Gasteiger partial charge in [0.1, 0.15) is 11.2 Å². The molecule has 6 heteroatoms. The van der Waals surface area contributed by atoms with Crippen LogP contribution in [-0.4, -0.2) is 18.9 Å². The standard InChI is InChI=1S/C18H17BrN2O3/c1-24-13-8-6-12(7-9-13)20-16(22)18(10-11-18)17(23)21-15-5-3-2-4-14(15)19/h2-9H,10-11H2,1H3,(H,20,22)(H,21,23). The average molecular weight is 389 g/mol. The summed E-state index contributed by atoms with van der Waals surface area (Å²) in [5.74, 6) is 0.151. The SMILES string of the molecule is COc1ccc(NC(=O)C2(C(=O)Nc3ccccc3Br)CC2)cc1. The number of benzene rings is 2. The highest BCUT2D eigenvalue weighted by atomic mass is 79.9. The summed E-state index contributed by atoms with van der Waals surface area (Å²) in [5, 5.41) is 5.64. The van der Waals surface area contributed by atoms with Crippen LogP contribution in [0.25, 0.3) is 0 Å². The topological polar surface area (TPSA) is 67.4 Å². The zero-order valence-corrected chi connectivity index (χ0v) is 14.7. The fourth-order valence-corrected chi connectivity index (χ4v) is 2.80. The lowest BCUT2D eigenvalue weighted by Gasteiger charge is -2.16. The van der Waals surface area contributed by atoms with Crippen molar-refractivity contribution in [2.45, 2.75) is 12.8 Å². The van der Waals surface area contributed by atoms with E-state index in [-0.39, 0.29) is 11.8 Å². The van der Waals surface area contributed by atoms with Gasteiger partial charge in [0.2, 0.25) is 11.8 Å². The molecular formula is C18H17BrN2O3. The van der Waals surface area contributed by atoms with Gasteiger partial charge in [-0.1, -0.05) is 12.1 Å². The lowest BCUT2D eigenvalue weighted by atomic mass is 10.0. The summed E-state index contributed by atoms with van der Waals surface area (Å²) >= 11 is 3.39. The first-order valence-electron chi connectivity index (χ1n) is 7.57. The van der Waals surface area contributed by atoms with Crippen molar-refractivity contribution >= 4 is 39.1 Å². The first-order valence-corrected chi connectivity index (χ1v) is 8.36. The van der Waals surface area contributed by atoms with E-state index >= 15 is 0 Å². The summed E-state index contributed by atoms with van der Waals surface area (Å²) in [4.78, 5) is 25.1. The van der Waals surface area contributed by atoms with Crippen molar-refractivity contribution in [2.75, 3.05) is 17.7 Å². The average Bonchev–Trinajstić information content (AvgIpc) is 3.39. The monoisotopic (exact) mass is 388 g/mol. The van der Waals surface area contributed by atoms with Gasteiger partial charge in [0, 0.05) is 10.2 Å². The van der Waals surface area contributed by atoms with Crippen molar-refractivity contribution in [3.63, 3.8) is 0 Å². The highest BCUT2D eigenvalue weighted by molar-refractivity contribution is 9.10. The molecule has 1 saturated carbocycles. The van der Waals surface area contributed by atoms with Gasteiger partial charge in [-0.15, -0.1) is 0 Å². The van der Waals surface area contributed by atoms with Crippen LogP contribution >= 0.6 is 15.9 Å². The van der Waals surface area contributed by atoms with Gasteiger partial charge in [0.25, 0.3) is 0 Å². The molecule has 0 heterocycles. The normalized spacial score (nSPS) is 14.6. The summed E-state index contributed by atoms with van der Waals surface area (Å²) in [6.45, 7) is 0. The van der Waals surface area contributed by atoms with E-state index in [9.17, 15) is 9.59 Å². The number of para-hydroxylation sites is 1. The van der Waals surface area contributed by atoms with E-state index in [1.165, 1.54) is 0 Å². The van der Waals surface area contributed by atoms with Gasteiger partial charge in [-0.25, -0.2) is 0 Å². The van der Waals surface area contributed by atoms with Crippen molar-refractivity contribution < 1.29 is 14.3 Å². The highest BCUT2D eigenvalue weighted by Crippen LogP contribution is 2.47. The second kappa shape index (κ2) is 6.65. The fourth-order valence-electron chi connectivity index (χ4n) is 2.41. The van der Waals surface area contributed by atoms with Crippen LogP contribution in [0.4, 0.5) is 11.4 Å². The smallest absolute Gasteiger partial charge is 0.240 e. The van der Waals surface area contributed by atoms with Gasteiger partial charge in [-0.05, 0) is 65.2 Å². The van der Waals surface area contributed by atoms with Crippen LogP contribution in [0.2, 0.25) is 0 Å². The predicted octanol–water partition coefficient (Wildman–Crippen LogP) is 3.82. The number of amides is 2. The summed E-state index contributed by atoms with van der Waals surface area (Å²) in [7, 11) is 1.58. The maximum Gasteiger partial charge on any atom is 0.240 e. The minimum Gasteiger partial charge on any atom is -0.497 e. The van der Waals surface area contributed by atoms with Crippen LogP contribution < -0.4 is 15.4 Å². The zero-order valence-electron chi connectivity index (χ0n) is 13.1. The highest BCUT2D eigenvalue weighted by Gasteiger charge is 2.56. The van der Waals surface area contributed by atoms with Gasteiger partial charge >= 0.3 is 0 Å². The maximum absolute atomic E-state index is 12.6. The van der Waals surface area contributed by atoms with Crippen LogP contribution in [0.5, 0.6) is 5.75 Å². The summed E-state index contributed by atoms with van der Waals surface area (Å²) in [6, 6.07) is 14.3. The number of carbonyl (C=O) groups is 2. The van der Waals surface area contributed by atoms with Gasteiger partial charge in [-0.3, -0.25) is 9.59 Å². The molecule has 1 fully saturated rings. The van der Waals surface area contributed by atoms with Gasteiger partial charge in [0.05, 0.1) is 12.8 Å². The number of anilines is 2. The molecule has 2 amide bonds. The van der Waals surface area contributed by atoms with E-state index in [2.05, 4.69) is 26.6 Å². The Morgan fingerprint density at radius 2 is 1.62 bits per heavy atom. The first kappa shape index (κ1) is 16.5. The van der Waals surface area contributed by atoms with Crippen LogP contribution in [0.1, 0.15) is 12.8 Å². The third kappa shape index (κ3) is 3.28. The molecule has 0 saturated heterocycles. The Labute approximate surface area is 148 Å². The third-order valence-corrected chi connectivity index (χ3v) is 4.78. The number of ether oxygens (including phenoxy) is 1. The summed E-state index contributed by atoms with van der Waals surface area (Å²) < 4.78 is 5.87. The Morgan fingerprint density at radius 3 is 2.21 bits per heavy atom. The maximum atomic E-state index is 12.6. The summed E-state index contributed by atoms with van der Waals surface area (Å²) in [5.41, 5.74) is 0.307. The van der Waals surface area contributed by atoms with E-state index in [0.717, 1.165) is 4.47 Å². The van der Waals surface area contributed by atoms with Gasteiger partial charge in [-0.2, -0.15) is 0 Å². The molecule has 124 valence electrons. The number of carbonyl (C=O) groups excluding carboxylic acids is 2. The number of hydrogen-bond donors (Lipinski definition) is 2. The minimum atomic E-state index is -0.991. The molecule has 5 nitrogen and oxygen atoms in total. The van der Waals surface area contributed by atoms with Gasteiger partial charge < -0.3 is 15.4 Å². The van der Waals surface area contributed by atoms with Crippen LogP contribution in [0.3, 0.4) is 0 Å². The lowest BCUT2D eigenvalue weighted by Crippen LogP contribution is -2.35. The zero-order chi connectivity index (χ0) is 17.2. The molecule has 24 heavy (non-hydrogen) atoms. The molecule has 0 radical (unpaired) electrons. The quantitative estimate of drug-likeness (QED) is 0.765. The van der Waals surface area contributed by atoms with Crippen molar-refractivity contribution in [3.05, 3.63) is 53.0 Å². The Morgan fingerprint density at radius 1 is 1.00 bits per heavy atom. The largest absolute Gasteiger partial charge is 0.497 e. The van der Waals surface area contributed by atoms with Crippen LogP contribution in [0, 0.1) is 5.41 Å². The van der Waals surface area contributed by atoms with Gasteiger partial charge in [0.15, 0.2) is 0 Å². The first-order chi connectivity index (χ1) is 11.5. The van der Waals surface area contributed by atoms with Crippen molar-refractivity contribution in [3.8, 4) is 5.75 Å². The molecule has 0 aliphatic heterocycles. The Balaban J connectivity index is 1.69. The van der Waals surface area contributed by atoms with Crippen molar-refractivity contribution in [2.24, 2.45) is 5.41 Å². The summed E-state index contributed by atoms with van der Waals surface area (Å²) in [6.07, 6.45) is 1.09. The molecule has 2 N–H and O–H groups in total. The van der Waals surface area contributed by atoms with E-state index < -0.39 is 5.41 Å². The molecule has 0 spiro atoms. The number of halogens is 1. The molecule has 1 aliphatic rings. The molecule has 2 aromatic carbocycles. The second-order valence-electron chi connectivity index (χ2n) is 5.70. The number of hydrogen-bond acceptors (Lipinski definition) is 3. The molecular weight excluding hydrogens is 372 g/mol. The number of nitrogens with one attached hydrogen (secondary N) is 2. The fraction of sp³-hybridized carbons (Fsp3) is 0.222. The second-order valence-corrected chi connectivity index (χ2v) is 6.55. The minimum absolute atomic E-state index is 0.277. The molecule has 0 unspecified atom stereocenters. The van der Waals surface area contributed by atoms with Crippen molar-refractivity contribution in [1.29, 1.82) is 0 Å². The lowest BCUT2D eigenvalue weighted by molar-refractivity contribution is -0.131. The number of rotatable bonds is 5. The van der Waals surface area contributed by atoms with E-state index in [1.807, 2.05) is 18.2 Å². The van der Waals surface area contributed by atoms with E-state index in [4.69, 9.17) is 4.74 Å².